The molecule has 0 radical (unpaired) electrons. The van der Waals surface area contributed by atoms with E-state index in [0.717, 1.165) is 20.4 Å². The van der Waals surface area contributed by atoms with Crippen LogP contribution in [0, 0.1) is 0 Å². The van der Waals surface area contributed by atoms with Gasteiger partial charge >= 0.3 is 0 Å². The lowest BCUT2D eigenvalue weighted by Gasteiger charge is -1.91. The van der Waals surface area contributed by atoms with E-state index < -0.39 is 0 Å². The number of hydrogen-bond donors (Lipinski definition) is 0. The molecule has 0 spiro atoms. The van der Waals surface area contributed by atoms with Gasteiger partial charge in [0.25, 0.3) is 0 Å². The molecule has 0 aliphatic heterocycles. The predicted octanol–water partition coefficient (Wildman–Crippen LogP) is 4.22. The molecule has 0 aliphatic carbocycles. The van der Waals surface area contributed by atoms with E-state index in [-0.39, 0.29) is 5.43 Å². The monoisotopic (exact) mass is 258 g/mol. The topological polar surface area (TPSA) is 30.2 Å². The van der Waals surface area contributed by atoms with Gasteiger partial charge in [-0.25, -0.2) is 0 Å². The zero-order chi connectivity index (χ0) is 11.4. The van der Waals surface area contributed by atoms with Gasteiger partial charge in [0.1, 0.15) is 4.70 Å². The summed E-state index contributed by atoms with van der Waals surface area (Å²) in [6, 6.07) is 9.77. The van der Waals surface area contributed by atoms with Gasteiger partial charge in [0.15, 0.2) is 10.5 Å². The Hall–Kier alpha value is -1.65. The van der Waals surface area contributed by atoms with Crippen LogP contribution >= 0.6 is 22.7 Å². The van der Waals surface area contributed by atoms with Crippen LogP contribution in [-0.2, 0) is 0 Å². The molecule has 82 valence electrons. The minimum Gasteiger partial charge on any atom is -0.444 e. The summed E-state index contributed by atoms with van der Waals surface area (Å²) in [5.74, 6) is 0. The summed E-state index contributed by atoms with van der Waals surface area (Å²) in [5.41, 5.74) is 0.785. The van der Waals surface area contributed by atoms with Crippen molar-refractivity contribution in [2.45, 2.75) is 0 Å². The summed E-state index contributed by atoms with van der Waals surface area (Å²) in [6.07, 6.45) is 0. The van der Waals surface area contributed by atoms with Crippen LogP contribution in [0.25, 0.3) is 30.7 Å². The van der Waals surface area contributed by atoms with E-state index in [9.17, 15) is 4.79 Å². The maximum absolute atomic E-state index is 12.4. The third-order valence-corrected chi connectivity index (χ3v) is 4.77. The molecular weight excluding hydrogens is 252 g/mol. The molecule has 3 heterocycles. The molecule has 4 rings (SSSR count). The molecule has 0 fully saturated rings. The van der Waals surface area contributed by atoms with Gasteiger partial charge in [0.2, 0.25) is 5.43 Å². The highest BCUT2D eigenvalue weighted by Gasteiger charge is 2.13. The minimum atomic E-state index is 0.0914. The molecule has 0 saturated heterocycles. The Morgan fingerprint density at radius 1 is 1.12 bits per heavy atom. The largest absolute Gasteiger partial charge is 0.444 e. The van der Waals surface area contributed by atoms with E-state index in [1.165, 1.54) is 22.7 Å². The van der Waals surface area contributed by atoms with Gasteiger partial charge in [0, 0.05) is 10.1 Å². The highest BCUT2D eigenvalue weighted by atomic mass is 32.1. The average Bonchev–Trinajstić information content (AvgIpc) is 2.92. The number of hydrogen-bond acceptors (Lipinski definition) is 4. The van der Waals surface area contributed by atoms with Crippen molar-refractivity contribution < 1.29 is 4.42 Å². The molecule has 4 heteroatoms. The molecule has 2 nitrogen and oxygen atoms in total. The zero-order valence-corrected chi connectivity index (χ0v) is 10.2. The van der Waals surface area contributed by atoms with Crippen LogP contribution in [0.15, 0.2) is 44.9 Å². The second kappa shape index (κ2) is 3.18. The van der Waals surface area contributed by atoms with Crippen LogP contribution in [0.3, 0.4) is 0 Å². The second-order valence-electron chi connectivity index (χ2n) is 3.81. The van der Waals surface area contributed by atoms with Crippen LogP contribution in [0.4, 0.5) is 0 Å². The van der Waals surface area contributed by atoms with E-state index in [1.807, 2.05) is 35.7 Å². The van der Waals surface area contributed by atoms with Crippen molar-refractivity contribution in [1.29, 1.82) is 0 Å². The molecule has 3 aromatic heterocycles. The molecule has 0 saturated carbocycles. The molecule has 0 atom stereocenters. The van der Waals surface area contributed by atoms with Crippen LogP contribution in [0.2, 0.25) is 0 Å². The Balaban J connectivity index is 2.42. The number of thiophene rings is 2. The number of benzene rings is 1. The smallest absolute Gasteiger partial charge is 0.212 e. The summed E-state index contributed by atoms with van der Waals surface area (Å²) < 4.78 is 7.59. The quantitative estimate of drug-likeness (QED) is 0.472. The summed E-state index contributed by atoms with van der Waals surface area (Å²) in [5, 5.41) is 3.61. The van der Waals surface area contributed by atoms with Gasteiger partial charge in [-0.3, -0.25) is 4.79 Å². The van der Waals surface area contributed by atoms with Crippen LogP contribution in [0.1, 0.15) is 0 Å². The first-order chi connectivity index (χ1) is 8.34. The highest BCUT2D eigenvalue weighted by Crippen LogP contribution is 2.34. The number of fused-ring (bicyclic) bond motifs is 4. The Kier molecular flexibility index (Phi) is 1.76. The molecule has 0 aliphatic rings. The van der Waals surface area contributed by atoms with E-state index in [4.69, 9.17) is 4.42 Å². The molecule has 17 heavy (non-hydrogen) atoms. The summed E-state index contributed by atoms with van der Waals surface area (Å²) >= 11 is 2.97. The first kappa shape index (κ1) is 9.39. The van der Waals surface area contributed by atoms with Crippen LogP contribution in [-0.4, -0.2) is 0 Å². The summed E-state index contributed by atoms with van der Waals surface area (Å²) in [6.45, 7) is 0. The molecule has 0 N–H and O–H groups in total. The van der Waals surface area contributed by atoms with E-state index in [2.05, 4.69) is 0 Å². The second-order valence-corrected chi connectivity index (χ2v) is 5.74. The van der Waals surface area contributed by atoms with E-state index in [0.29, 0.717) is 10.3 Å². The Morgan fingerprint density at radius 2 is 2.00 bits per heavy atom. The fraction of sp³-hybridized carbons (Fsp3) is 0. The lowest BCUT2D eigenvalue weighted by atomic mass is 10.2. The lowest BCUT2D eigenvalue weighted by Crippen LogP contribution is -1.97. The molecule has 1 aromatic carbocycles. The lowest BCUT2D eigenvalue weighted by molar-refractivity contribution is 0.671. The summed E-state index contributed by atoms with van der Waals surface area (Å²) in [4.78, 5) is 13.1. The maximum atomic E-state index is 12.4. The van der Waals surface area contributed by atoms with Crippen LogP contribution < -0.4 is 5.43 Å². The Labute approximate surface area is 104 Å². The SMILES string of the molecule is O=c1c2sccc2oc2sc3ccccc3c12. The normalized spacial score (nSPS) is 11.8. The molecule has 4 aromatic rings. The molecule has 0 amide bonds. The van der Waals surface area contributed by atoms with Crippen molar-refractivity contribution in [3.8, 4) is 0 Å². The molecular formula is C13H6O2S2. The van der Waals surface area contributed by atoms with Gasteiger partial charge in [-0.1, -0.05) is 29.5 Å². The third-order valence-electron chi connectivity index (χ3n) is 2.83. The fourth-order valence-electron chi connectivity index (χ4n) is 2.07. The van der Waals surface area contributed by atoms with Gasteiger partial charge in [-0.05, 0) is 17.5 Å². The first-order valence-corrected chi connectivity index (χ1v) is 6.86. The predicted molar refractivity (Wildman–Crippen MR) is 73.3 cm³/mol. The van der Waals surface area contributed by atoms with Gasteiger partial charge in [-0.15, -0.1) is 11.3 Å². The number of rotatable bonds is 0. The highest BCUT2D eigenvalue weighted by molar-refractivity contribution is 7.25. The van der Waals surface area contributed by atoms with Gasteiger partial charge < -0.3 is 4.42 Å². The van der Waals surface area contributed by atoms with Crippen molar-refractivity contribution in [2.75, 3.05) is 0 Å². The van der Waals surface area contributed by atoms with Crippen LogP contribution in [0.5, 0.6) is 0 Å². The van der Waals surface area contributed by atoms with Crippen molar-refractivity contribution in [3.05, 3.63) is 45.9 Å². The Bertz CT molecular complexity index is 911. The zero-order valence-electron chi connectivity index (χ0n) is 8.60. The maximum Gasteiger partial charge on any atom is 0.212 e. The van der Waals surface area contributed by atoms with E-state index >= 15 is 0 Å². The molecule has 0 bridgehead atoms. The van der Waals surface area contributed by atoms with Crippen molar-refractivity contribution >= 4 is 53.3 Å². The summed E-state index contributed by atoms with van der Waals surface area (Å²) in [7, 11) is 0. The average molecular weight is 258 g/mol. The van der Waals surface area contributed by atoms with Gasteiger partial charge in [-0.2, -0.15) is 0 Å². The van der Waals surface area contributed by atoms with E-state index in [1.54, 1.807) is 0 Å². The van der Waals surface area contributed by atoms with Crippen molar-refractivity contribution in [1.82, 2.24) is 0 Å². The fourth-order valence-corrected chi connectivity index (χ4v) is 3.89. The standard InChI is InChI=1S/C13H6O2S2/c14-11-10-7-3-1-2-4-9(7)17-13(10)15-8-5-6-16-12(8)11/h1-6H. The van der Waals surface area contributed by atoms with Crippen molar-refractivity contribution in [2.24, 2.45) is 0 Å². The first-order valence-electron chi connectivity index (χ1n) is 5.16. The Morgan fingerprint density at radius 3 is 2.94 bits per heavy atom. The minimum absolute atomic E-state index is 0.0914. The van der Waals surface area contributed by atoms with Crippen molar-refractivity contribution in [3.63, 3.8) is 0 Å². The van der Waals surface area contributed by atoms with Gasteiger partial charge in [0.05, 0.1) is 5.39 Å². The third kappa shape index (κ3) is 1.16. The molecule has 0 unspecified atom stereocenters.